The first-order valence-electron chi connectivity index (χ1n) is 7.34. The van der Waals surface area contributed by atoms with Gasteiger partial charge in [0.25, 0.3) is 0 Å². The monoisotopic (exact) mass is 262 g/mol. The fourth-order valence-electron chi connectivity index (χ4n) is 3.24. The van der Waals surface area contributed by atoms with Crippen LogP contribution in [-0.2, 0) is 0 Å². The van der Waals surface area contributed by atoms with Crippen molar-refractivity contribution in [3.05, 3.63) is 29.8 Å². The normalized spacial score (nSPS) is 24.4. The molecular weight excluding hydrogens is 236 g/mol. The smallest absolute Gasteiger partial charge is 0.124 e. The average Bonchev–Trinajstić information content (AvgIpc) is 2.41. The Kier molecular flexibility index (Phi) is 5.23. The van der Waals surface area contributed by atoms with Crippen LogP contribution in [0, 0.1) is 5.92 Å². The lowest BCUT2D eigenvalue weighted by Gasteiger charge is -2.40. The molecule has 0 spiro atoms. The summed E-state index contributed by atoms with van der Waals surface area (Å²) in [5.74, 6) is 1.70. The van der Waals surface area contributed by atoms with Gasteiger partial charge in [0.2, 0.25) is 0 Å². The molecule has 1 aliphatic rings. The minimum absolute atomic E-state index is 0.462. The maximum Gasteiger partial charge on any atom is 0.124 e. The second-order valence-corrected chi connectivity index (χ2v) is 5.36. The quantitative estimate of drug-likeness (QED) is 0.883. The fourth-order valence-corrected chi connectivity index (χ4v) is 3.24. The SMILES string of the molecule is CCOc1ccccc1C1C(CNC)CCCN1C. The third kappa shape index (κ3) is 3.28. The third-order valence-electron chi connectivity index (χ3n) is 4.01. The molecule has 1 aliphatic heterocycles. The minimum Gasteiger partial charge on any atom is -0.494 e. The Morgan fingerprint density at radius 2 is 2.16 bits per heavy atom. The molecule has 0 aromatic heterocycles. The highest BCUT2D eigenvalue weighted by Gasteiger charge is 2.31. The fraction of sp³-hybridized carbons (Fsp3) is 0.625. The van der Waals surface area contributed by atoms with Crippen LogP contribution in [0.15, 0.2) is 24.3 Å². The summed E-state index contributed by atoms with van der Waals surface area (Å²) in [5.41, 5.74) is 1.34. The van der Waals surface area contributed by atoms with E-state index in [1.165, 1.54) is 24.9 Å². The van der Waals surface area contributed by atoms with Crippen LogP contribution in [0.4, 0.5) is 0 Å². The topological polar surface area (TPSA) is 24.5 Å². The summed E-state index contributed by atoms with van der Waals surface area (Å²) >= 11 is 0. The van der Waals surface area contributed by atoms with Crippen molar-refractivity contribution in [3.8, 4) is 5.75 Å². The molecule has 0 amide bonds. The van der Waals surface area contributed by atoms with Crippen LogP contribution in [0.5, 0.6) is 5.75 Å². The molecule has 1 aromatic carbocycles. The van der Waals surface area contributed by atoms with E-state index in [1.807, 2.05) is 14.0 Å². The van der Waals surface area contributed by atoms with E-state index in [0.29, 0.717) is 12.0 Å². The molecule has 0 saturated carbocycles. The van der Waals surface area contributed by atoms with Crippen LogP contribution in [0.25, 0.3) is 0 Å². The molecule has 0 aliphatic carbocycles. The highest BCUT2D eigenvalue weighted by atomic mass is 16.5. The van der Waals surface area contributed by atoms with Crippen molar-refractivity contribution in [1.29, 1.82) is 0 Å². The van der Waals surface area contributed by atoms with Crippen LogP contribution < -0.4 is 10.1 Å². The van der Waals surface area contributed by atoms with Crippen LogP contribution in [0.3, 0.4) is 0 Å². The standard InChI is InChI=1S/C16H26N2O/c1-4-19-15-10-6-5-9-14(15)16-13(12-17-2)8-7-11-18(16)3/h5-6,9-10,13,16-17H,4,7-8,11-12H2,1-3H3. The Bertz CT molecular complexity index is 392. The van der Waals surface area contributed by atoms with Gasteiger partial charge in [0, 0.05) is 11.6 Å². The van der Waals surface area contributed by atoms with Gasteiger partial charge in [-0.3, -0.25) is 4.90 Å². The van der Waals surface area contributed by atoms with Gasteiger partial charge in [-0.1, -0.05) is 18.2 Å². The lowest BCUT2D eigenvalue weighted by molar-refractivity contribution is 0.117. The van der Waals surface area contributed by atoms with Gasteiger partial charge in [0.15, 0.2) is 0 Å². The number of nitrogens with one attached hydrogen (secondary N) is 1. The summed E-state index contributed by atoms with van der Waals surface area (Å²) in [6, 6.07) is 8.96. The van der Waals surface area contributed by atoms with E-state index in [-0.39, 0.29) is 0 Å². The van der Waals surface area contributed by atoms with E-state index in [0.717, 1.165) is 18.9 Å². The molecule has 2 atom stereocenters. The maximum absolute atomic E-state index is 5.82. The zero-order chi connectivity index (χ0) is 13.7. The predicted molar refractivity (Wildman–Crippen MR) is 79.6 cm³/mol. The lowest BCUT2D eigenvalue weighted by Crippen LogP contribution is -2.40. The number of likely N-dealkylation sites (tertiary alicyclic amines) is 1. The van der Waals surface area contributed by atoms with Gasteiger partial charge in [-0.05, 0) is 58.9 Å². The van der Waals surface area contributed by atoms with Crippen molar-refractivity contribution in [3.63, 3.8) is 0 Å². The van der Waals surface area contributed by atoms with Gasteiger partial charge in [-0.15, -0.1) is 0 Å². The van der Waals surface area contributed by atoms with E-state index >= 15 is 0 Å². The Morgan fingerprint density at radius 3 is 2.89 bits per heavy atom. The van der Waals surface area contributed by atoms with Crippen molar-refractivity contribution in [1.82, 2.24) is 10.2 Å². The molecular formula is C16H26N2O. The van der Waals surface area contributed by atoms with Gasteiger partial charge in [0.05, 0.1) is 6.61 Å². The molecule has 2 unspecified atom stereocenters. The molecule has 1 saturated heterocycles. The summed E-state index contributed by atoms with van der Waals surface area (Å²) < 4.78 is 5.82. The number of nitrogens with zero attached hydrogens (tertiary/aromatic N) is 1. The molecule has 1 heterocycles. The number of piperidine rings is 1. The number of ether oxygens (including phenoxy) is 1. The molecule has 2 rings (SSSR count). The van der Waals surface area contributed by atoms with Crippen molar-refractivity contribution in [2.24, 2.45) is 5.92 Å². The molecule has 1 N–H and O–H groups in total. The first-order chi connectivity index (χ1) is 9.27. The Morgan fingerprint density at radius 1 is 1.37 bits per heavy atom. The van der Waals surface area contributed by atoms with Gasteiger partial charge < -0.3 is 10.1 Å². The van der Waals surface area contributed by atoms with Crippen LogP contribution in [0.1, 0.15) is 31.4 Å². The summed E-state index contributed by atoms with van der Waals surface area (Å²) in [4.78, 5) is 2.48. The highest BCUT2D eigenvalue weighted by Crippen LogP contribution is 2.38. The molecule has 106 valence electrons. The molecule has 0 bridgehead atoms. The molecule has 0 radical (unpaired) electrons. The molecule has 3 nitrogen and oxygen atoms in total. The third-order valence-corrected chi connectivity index (χ3v) is 4.01. The second-order valence-electron chi connectivity index (χ2n) is 5.36. The largest absolute Gasteiger partial charge is 0.494 e. The average molecular weight is 262 g/mol. The number of para-hydroxylation sites is 1. The van der Waals surface area contributed by atoms with E-state index in [9.17, 15) is 0 Å². The molecule has 1 aromatic rings. The maximum atomic E-state index is 5.82. The summed E-state index contributed by atoms with van der Waals surface area (Å²) in [6.07, 6.45) is 2.58. The molecule has 3 heteroatoms. The summed E-state index contributed by atoms with van der Waals surface area (Å²) in [7, 11) is 4.27. The zero-order valence-corrected chi connectivity index (χ0v) is 12.4. The number of rotatable bonds is 5. The van der Waals surface area contributed by atoms with E-state index in [1.54, 1.807) is 0 Å². The van der Waals surface area contributed by atoms with Gasteiger partial charge in [-0.2, -0.15) is 0 Å². The van der Waals surface area contributed by atoms with E-state index < -0.39 is 0 Å². The number of hydrogen-bond acceptors (Lipinski definition) is 3. The molecule has 19 heavy (non-hydrogen) atoms. The van der Waals surface area contributed by atoms with Crippen LogP contribution in [-0.4, -0.2) is 38.7 Å². The second kappa shape index (κ2) is 6.92. The van der Waals surface area contributed by atoms with Crippen molar-refractivity contribution in [2.45, 2.75) is 25.8 Å². The Balaban J connectivity index is 2.29. The van der Waals surface area contributed by atoms with E-state index in [4.69, 9.17) is 4.74 Å². The number of hydrogen-bond donors (Lipinski definition) is 1. The predicted octanol–water partition coefficient (Wildman–Crippen LogP) is 2.69. The molecule has 1 fully saturated rings. The van der Waals surface area contributed by atoms with Gasteiger partial charge in [-0.25, -0.2) is 0 Å². The Labute approximate surface area is 116 Å². The van der Waals surface area contributed by atoms with Crippen molar-refractivity contribution in [2.75, 3.05) is 33.8 Å². The Hall–Kier alpha value is -1.06. The van der Waals surface area contributed by atoms with Crippen LogP contribution in [0.2, 0.25) is 0 Å². The van der Waals surface area contributed by atoms with Crippen LogP contribution >= 0.6 is 0 Å². The van der Waals surface area contributed by atoms with Crippen molar-refractivity contribution < 1.29 is 4.74 Å². The van der Waals surface area contributed by atoms with Crippen molar-refractivity contribution >= 4 is 0 Å². The number of benzene rings is 1. The minimum atomic E-state index is 0.462. The van der Waals surface area contributed by atoms with Gasteiger partial charge >= 0.3 is 0 Å². The highest BCUT2D eigenvalue weighted by molar-refractivity contribution is 5.36. The van der Waals surface area contributed by atoms with Gasteiger partial charge in [0.1, 0.15) is 5.75 Å². The summed E-state index contributed by atoms with van der Waals surface area (Å²) in [6.45, 7) is 5.01. The zero-order valence-electron chi connectivity index (χ0n) is 12.4. The van der Waals surface area contributed by atoms with E-state index in [2.05, 4.69) is 41.5 Å². The first kappa shape index (κ1) is 14.4. The first-order valence-corrected chi connectivity index (χ1v) is 7.34. The lowest BCUT2D eigenvalue weighted by atomic mass is 9.84. The summed E-state index contributed by atoms with van der Waals surface area (Å²) in [5, 5.41) is 3.34.